The van der Waals surface area contributed by atoms with Gasteiger partial charge in [0.1, 0.15) is 12.4 Å². The number of hydrogen-bond acceptors (Lipinski definition) is 6. The molecule has 1 N–H and O–H groups in total. The van der Waals surface area contributed by atoms with Gasteiger partial charge in [-0.2, -0.15) is 0 Å². The Morgan fingerprint density at radius 2 is 1.67 bits per heavy atom. The number of fused-ring (bicyclic) bond motifs is 1. The fourth-order valence-electron chi connectivity index (χ4n) is 2.90. The van der Waals surface area contributed by atoms with Crippen molar-refractivity contribution in [1.29, 1.82) is 0 Å². The highest BCUT2D eigenvalue weighted by Crippen LogP contribution is 2.34. The Morgan fingerprint density at radius 1 is 0.900 bits per heavy atom. The monoisotopic (exact) mass is 405 g/mol. The molecule has 0 saturated heterocycles. The molecular formula is C23H19NO6. The van der Waals surface area contributed by atoms with E-state index in [9.17, 15) is 9.59 Å². The molecule has 0 fully saturated rings. The molecule has 1 amide bonds. The first-order valence-electron chi connectivity index (χ1n) is 9.31. The summed E-state index contributed by atoms with van der Waals surface area (Å²) in [6.07, 6.45) is 0. The molecule has 3 aromatic carbocycles. The van der Waals surface area contributed by atoms with E-state index in [4.69, 9.17) is 18.9 Å². The summed E-state index contributed by atoms with van der Waals surface area (Å²) in [5.74, 6) is 0.818. The summed E-state index contributed by atoms with van der Waals surface area (Å²) in [7, 11) is 0. The van der Waals surface area contributed by atoms with Crippen LogP contribution in [0.5, 0.6) is 17.2 Å². The molecular weight excluding hydrogens is 386 g/mol. The highest BCUT2D eigenvalue weighted by atomic mass is 16.7. The van der Waals surface area contributed by atoms with E-state index in [1.54, 1.807) is 36.4 Å². The number of nitrogens with one attached hydrogen (secondary N) is 1. The van der Waals surface area contributed by atoms with Crippen LogP contribution in [-0.4, -0.2) is 25.3 Å². The van der Waals surface area contributed by atoms with E-state index in [1.807, 2.05) is 36.4 Å². The van der Waals surface area contributed by atoms with E-state index in [0.29, 0.717) is 34.1 Å². The van der Waals surface area contributed by atoms with Crippen molar-refractivity contribution >= 4 is 17.6 Å². The first-order chi connectivity index (χ1) is 14.7. The highest BCUT2D eigenvalue weighted by Gasteiger charge is 2.17. The SMILES string of the molecule is O=C(COC(=O)c1ccccc1COc1ccccc1)Nc1ccc2c(c1)OCO2. The lowest BCUT2D eigenvalue weighted by molar-refractivity contribution is -0.119. The molecule has 0 radical (unpaired) electrons. The largest absolute Gasteiger partial charge is 0.489 e. The Kier molecular flexibility index (Phi) is 5.80. The normalized spacial score (nSPS) is 11.6. The third-order valence-corrected chi connectivity index (χ3v) is 4.37. The minimum atomic E-state index is -0.594. The van der Waals surface area contributed by atoms with Gasteiger partial charge < -0.3 is 24.3 Å². The predicted octanol–water partition coefficient (Wildman–Crippen LogP) is 3.79. The van der Waals surface area contributed by atoms with Crippen molar-refractivity contribution in [1.82, 2.24) is 0 Å². The first-order valence-corrected chi connectivity index (χ1v) is 9.31. The van der Waals surface area contributed by atoms with Crippen LogP contribution in [0.2, 0.25) is 0 Å². The Balaban J connectivity index is 1.33. The molecule has 152 valence electrons. The average Bonchev–Trinajstić information content (AvgIpc) is 3.25. The summed E-state index contributed by atoms with van der Waals surface area (Å²) < 4.78 is 21.4. The lowest BCUT2D eigenvalue weighted by Gasteiger charge is -2.11. The minimum Gasteiger partial charge on any atom is -0.489 e. The van der Waals surface area contributed by atoms with Gasteiger partial charge >= 0.3 is 5.97 Å². The van der Waals surface area contributed by atoms with Crippen LogP contribution in [-0.2, 0) is 16.1 Å². The van der Waals surface area contributed by atoms with Crippen LogP contribution in [0.15, 0.2) is 72.8 Å². The molecule has 1 aliphatic rings. The van der Waals surface area contributed by atoms with E-state index >= 15 is 0 Å². The number of carbonyl (C=O) groups is 2. The van der Waals surface area contributed by atoms with Crippen molar-refractivity contribution in [2.75, 3.05) is 18.7 Å². The van der Waals surface area contributed by atoms with E-state index < -0.39 is 18.5 Å². The molecule has 0 aliphatic carbocycles. The highest BCUT2D eigenvalue weighted by molar-refractivity contribution is 5.96. The summed E-state index contributed by atoms with van der Waals surface area (Å²) in [5.41, 5.74) is 1.55. The molecule has 30 heavy (non-hydrogen) atoms. The van der Waals surface area contributed by atoms with Crippen molar-refractivity contribution < 1.29 is 28.5 Å². The zero-order chi connectivity index (χ0) is 20.8. The molecule has 0 aromatic heterocycles. The Labute approximate surface area is 173 Å². The fraction of sp³-hybridized carbons (Fsp3) is 0.130. The number of anilines is 1. The molecule has 0 saturated carbocycles. The predicted molar refractivity (Wildman–Crippen MR) is 109 cm³/mol. The number of para-hydroxylation sites is 1. The van der Waals surface area contributed by atoms with E-state index in [2.05, 4.69) is 5.32 Å². The Bertz CT molecular complexity index is 1050. The second kappa shape index (κ2) is 9.00. The summed E-state index contributed by atoms with van der Waals surface area (Å²) in [6.45, 7) is -0.0580. The summed E-state index contributed by atoms with van der Waals surface area (Å²) in [5, 5.41) is 2.66. The quantitative estimate of drug-likeness (QED) is 0.602. The van der Waals surface area contributed by atoms with Crippen LogP contribution in [0.3, 0.4) is 0 Å². The van der Waals surface area contributed by atoms with Gasteiger partial charge in [-0.3, -0.25) is 4.79 Å². The second-order valence-corrected chi connectivity index (χ2v) is 6.45. The third-order valence-electron chi connectivity index (χ3n) is 4.37. The van der Waals surface area contributed by atoms with Gasteiger partial charge in [0.25, 0.3) is 5.91 Å². The lowest BCUT2D eigenvalue weighted by atomic mass is 10.1. The van der Waals surface area contributed by atoms with Gasteiger partial charge in [0, 0.05) is 17.3 Å². The number of hydrogen-bond donors (Lipinski definition) is 1. The summed E-state index contributed by atoms with van der Waals surface area (Å²) in [6, 6.07) is 21.3. The number of rotatable bonds is 7. The maximum atomic E-state index is 12.5. The van der Waals surface area contributed by atoms with Crippen molar-refractivity contribution in [2.24, 2.45) is 0 Å². The molecule has 7 nitrogen and oxygen atoms in total. The maximum Gasteiger partial charge on any atom is 0.339 e. The van der Waals surface area contributed by atoms with Crippen molar-refractivity contribution in [2.45, 2.75) is 6.61 Å². The zero-order valence-corrected chi connectivity index (χ0v) is 16.0. The summed E-state index contributed by atoms with van der Waals surface area (Å²) in [4.78, 5) is 24.7. The summed E-state index contributed by atoms with van der Waals surface area (Å²) >= 11 is 0. The number of carbonyl (C=O) groups excluding carboxylic acids is 2. The van der Waals surface area contributed by atoms with E-state index in [0.717, 1.165) is 0 Å². The van der Waals surface area contributed by atoms with Gasteiger partial charge in [-0.1, -0.05) is 36.4 Å². The minimum absolute atomic E-state index is 0.151. The molecule has 0 spiro atoms. The molecule has 1 aliphatic heterocycles. The number of esters is 1. The third kappa shape index (κ3) is 4.70. The van der Waals surface area contributed by atoms with Gasteiger partial charge in [-0.05, 0) is 30.3 Å². The molecule has 7 heteroatoms. The van der Waals surface area contributed by atoms with Crippen molar-refractivity contribution in [3.8, 4) is 17.2 Å². The second-order valence-electron chi connectivity index (χ2n) is 6.45. The topological polar surface area (TPSA) is 83.1 Å². The van der Waals surface area contributed by atoms with Gasteiger partial charge in [0.15, 0.2) is 18.1 Å². The first kappa shape index (κ1) is 19.3. The molecule has 1 heterocycles. The van der Waals surface area contributed by atoms with Crippen LogP contribution in [0, 0.1) is 0 Å². The Hall–Kier alpha value is -4.00. The van der Waals surface area contributed by atoms with Crippen molar-refractivity contribution in [3.05, 3.63) is 83.9 Å². The smallest absolute Gasteiger partial charge is 0.339 e. The number of ether oxygens (including phenoxy) is 4. The zero-order valence-electron chi connectivity index (χ0n) is 16.0. The molecule has 0 atom stereocenters. The van der Waals surface area contributed by atoms with Crippen LogP contribution >= 0.6 is 0 Å². The lowest BCUT2D eigenvalue weighted by Crippen LogP contribution is -2.21. The van der Waals surface area contributed by atoms with Crippen LogP contribution in [0.4, 0.5) is 5.69 Å². The number of benzene rings is 3. The van der Waals surface area contributed by atoms with Gasteiger partial charge in [0.05, 0.1) is 5.56 Å². The van der Waals surface area contributed by atoms with Gasteiger partial charge in [-0.25, -0.2) is 4.79 Å². The van der Waals surface area contributed by atoms with Crippen LogP contribution < -0.4 is 19.5 Å². The van der Waals surface area contributed by atoms with E-state index in [-0.39, 0.29) is 13.4 Å². The Morgan fingerprint density at radius 3 is 2.53 bits per heavy atom. The maximum absolute atomic E-state index is 12.5. The van der Waals surface area contributed by atoms with Gasteiger partial charge in [0.2, 0.25) is 6.79 Å². The molecule has 0 unspecified atom stereocenters. The standard InChI is InChI=1S/C23H19NO6/c25-22(24-17-10-11-20-21(12-17)30-15-29-20)14-28-23(26)19-9-5-4-6-16(19)13-27-18-7-2-1-3-8-18/h1-12H,13-15H2,(H,24,25). The fourth-order valence-corrected chi connectivity index (χ4v) is 2.90. The molecule has 3 aromatic rings. The van der Waals surface area contributed by atoms with Gasteiger partial charge in [-0.15, -0.1) is 0 Å². The average molecular weight is 405 g/mol. The molecule has 0 bridgehead atoms. The van der Waals surface area contributed by atoms with Crippen LogP contribution in [0.25, 0.3) is 0 Å². The van der Waals surface area contributed by atoms with Crippen LogP contribution in [0.1, 0.15) is 15.9 Å². The molecule has 4 rings (SSSR count). The van der Waals surface area contributed by atoms with E-state index in [1.165, 1.54) is 0 Å². The number of amides is 1. The van der Waals surface area contributed by atoms with Crippen molar-refractivity contribution in [3.63, 3.8) is 0 Å².